The predicted octanol–water partition coefficient (Wildman–Crippen LogP) is 0.722. The van der Waals surface area contributed by atoms with Gasteiger partial charge in [0.25, 0.3) is 0 Å². The van der Waals surface area contributed by atoms with Gasteiger partial charge in [0, 0.05) is 18.1 Å². The van der Waals surface area contributed by atoms with Gasteiger partial charge in [-0.25, -0.2) is 0 Å². The molecule has 1 atom stereocenters. The lowest BCUT2D eigenvalue weighted by molar-refractivity contribution is 0.376. The van der Waals surface area contributed by atoms with Gasteiger partial charge in [-0.2, -0.15) is 0 Å². The molecule has 9 heavy (non-hydrogen) atoms. The van der Waals surface area contributed by atoms with E-state index in [1.807, 2.05) is 0 Å². The fourth-order valence-electron chi connectivity index (χ4n) is 0.798. The van der Waals surface area contributed by atoms with Crippen LogP contribution in [-0.4, -0.2) is 18.1 Å². The zero-order valence-electron chi connectivity index (χ0n) is 6.86. The van der Waals surface area contributed by atoms with Crippen molar-refractivity contribution >= 4 is 0 Å². The summed E-state index contributed by atoms with van der Waals surface area (Å²) in [6.45, 7) is 9.21. The maximum Gasteiger partial charge on any atom is 0.0166 e. The third kappa shape index (κ3) is 5.80. The largest absolute Gasteiger partial charge is 0.329 e. The quantitative estimate of drug-likeness (QED) is 0.578. The van der Waals surface area contributed by atoms with Gasteiger partial charge >= 0.3 is 0 Å². The van der Waals surface area contributed by atoms with Crippen molar-refractivity contribution < 1.29 is 0 Å². The summed E-state index contributed by atoms with van der Waals surface area (Å²) in [6.07, 6.45) is 0. The standard InChI is InChI=1S/C7H18N2/c1-6(5-8)9-7(2,3)4/h6,9H,5,8H2,1-4H3/t6-/m0/s1. The van der Waals surface area contributed by atoms with Crippen LogP contribution in [0.1, 0.15) is 27.7 Å². The van der Waals surface area contributed by atoms with Crippen LogP contribution in [0, 0.1) is 0 Å². The summed E-state index contributed by atoms with van der Waals surface area (Å²) >= 11 is 0. The van der Waals surface area contributed by atoms with Crippen molar-refractivity contribution in [1.29, 1.82) is 0 Å². The highest BCUT2D eigenvalue weighted by Gasteiger charge is 2.11. The SMILES string of the molecule is C[C@@H](CN)NC(C)(C)C. The van der Waals surface area contributed by atoms with E-state index in [9.17, 15) is 0 Å². The fourth-order valence-corrected chi connectivity index (χ4v) is 0.798. The fraction of sp³-hybridized carbons (Fsp3) is 1.00. The molecule has 3 N–H and O–H groups in total. The number of nitrogens with two attached hydrogens (primary N) is 1. The molecule has 0 amide bonds. The van der Waals surface area contributed by atoms with Crippen LogP contribution in [-0.2, 0) is 0 Å². The lowest BCUT2D eigenvalue weighted by Gasteiger charge is -2.24. The third-order valence-electron chi connectivity index (χ3n) is 1.03. The van der Waals surface area contributed by atoms with E-state index in [2.05, 4.69) is 33.0 Å². The smallest absolute Gasteiger partial charge is 0.0166 e. The highest BCUT2D eigenvalue weighted by atomic mass is 15.0. The van der Waals surface area contributed by atoms with Crippen molar-refractivity contribution in [3.63, 3.8) is 0 Å². The maximum absolute atomic E-state index is 5.42. The number of hydrogen-bond acceptors (Lipinski definition) is 2. The average molecular weight is 130 g/mol. The molecule has 0 saturated heterocycles. The number of nitrogens with one attached hydrogen (secondary N) is 1. The van der Waals surface area contributed by atoms with E-state index in [0.29, 0.717) is 12.6 Å². The van der Waals surface area contributed by atoms with E-state index < -0.39 is 0 Å². The lowest BCUT2D eigenvalue weighted by Crippen LogP contribution is -2.45. The molecule has 2 heteroatoms. The van der Waals surface area contributed by atoms with Gasteiger partial charge in [0.15, 0.2) is 0 Å². The lowest BCUT2D eigenvalue weighted by atomic mass is 10.1. The van der Waals surface area contributed by atoms with Gasteiger partial charge in [-0.1, -0.05) is 0 Å². The first kappa shape index (κ1) is 8.92. The Morgan fingerprint density at radius 2 is 1.89 bits per heavy atom. The Morgan fingerprint density at radius 1 is 1.44 bits per heavy atom. The van der Waals surface area contributed by atoms with Crippen LogP contribution >= 0.6 is 0 Å². The van der Waals surface area contributed by atoms with Crippen molar-refractivity contribution in [2.24, 2.45) is 5.73 Å². The maximum atomic E-state index is 5.42. The molecular formula is C7H18N2. The average Bonchev–Trinajstić information content (AvgIpc) is 1.62. The Kier molecular flexibility index (Phi) is 3.15. The minimum atomic E-state index is 0.193. The minimum Gasteiger partial charge on any atom is -0.329 e. The van der Waals surface area contributed by atoms with Gasteiger partial charge in [-0.05, 0) is 27.7 Å². The van der Waals surface area contributed by atoms with Gasteiger partial charge in [0.05, 0.1) is 0 Å². The Labute approximate surface area is 57.8 Å². The van der Waals surface area contributed by atoms with Crippen LogP contribution in [0.2, 0.25) is 0 Å². The molecule has 0 unspecified atom stereocenters. The molecule has 2 nitrogen and oxygen atoms in total. The van der Waals surface area contributed by atoms with Crippen LogP contribution in [0.25, 0.3) is 0 Å². The molecule has 0 radical (unpaired) electrons. The molecule has 0 aromatic rings. The Bertz CT molecular complexity index is 73.5. The molecule has 0 aliphatic heterocycles. The summed E-state index contributed by atoms with van der Waals surface area (Å²) < 4.78 is 0. The van der Waals surface area contributed by atoms with Gasteiger partial charge < -0.3 is 11.1 Å². The van der Waals surface area contributed by atoms with E-state index in [4.69, 9.17) is 5.73 Å². The molecule has 0 aliphatic carbocycles. The molecule has 0 heterocycles. The van der Waals surface area contributed by atoms with E-state index in [1.54, 1.807) is 0 Å². The first-order valence-electron chi connectivity index (χ1n) is 3.43. The van der Waals surface area contributed by atoms with E-state index in [0.717, 1.165) is 0 Å². The normalized spacial score (nSPS) is 15.7. The topological polar surface area (TPSA) is 38.0 Å². The van der Waals surface area contributed by atoms with Crippen LogP contribution < -0.4 is 11.1 Å². The zero-order chi connectivity index (χ0) is 7.49. The van der Waals surface area contributed by atoms with Crippen molar-refractivity contribution in [3.05, 3.63) is 0 Å². The number of rotatable bonds is 2. The van der Waals surface area contributed by atoms with Crippen LogP contribution in [0.15, 0.2) is 0 Å². The third-order valence-corrected chi connectivity index (χ3v) is 1.03. The van der Waals surface area contributed by atoms with Gasteiger partial charge in [0.2, 0.25) is 0 Å². The van der Waals surface area contributed by atoms with Crippen molar-refractivity contribution in [2.45, 2.75) is 39.3 Å². The number of hydrogen-bond donors (Lipinski definition) is 2. The van der Waals surface area contributed by atoms with Gasteiger partial charge in [0.1, 0.15) is 0 Å². The summed E-state index contributed by atoms with van der Waals surface area (Å²) in [5.74, 6) is 0. The Morgan fingerprint density at radius 3 is 2.00 bits per heavy atom. The molecule has 0 saturated carbocycles. The van der Waals surface area contributed by atoms with Crippen molar-refractivity contribution in [2.75, 3.05) is 6.54 Å². The van der Waals surface area contributed by atoms with Crippen LogP contribution in [0.4, 0.5) is 0 Å². The predicted molar refractivity (Wildman–Crippen MR) is 41.4 cm³/mol. The van der Waals surface area contributed by atoms with E-state index >= 15 is 0 Å². The van der Waals surface area contributed by atoms with Crippen molar-refractivity contribution in [3.8, 4) is 0 Å². The molecule has 0 aromatic carbocycles. The monoisotopic (exact) mass is 130 g/mol. The molecule has 0 fully saturated rings. The van der Waals surface area contributed by atoms with Gasteiger partial charge in [-0.3, -0.25) is 0 Å². The highest BCUT2D eigenvalue weighted by Crippen LogP contribution is 1.99. The second-order valence-corrected chi connectivity index (χ2v) is 3.53. The van der Waals surface area contributed by atoms with Crippen LogP contribution in [0.5, 0.6) is 0 Å². The first-order chi connectivity index (χ1) is 3.95. The van der Waals surface area contributed by atoms with Crippen molar-refractivity contribution in [1.82, 2.24) is 5.32 Å². The highest BCUT2D eigenvalue weighted by molar-refractivity contribution is 4.75. The summed E-state index contributed by atoms with van der Waals surface area (Å²) in [5.41, 5.74) is 5.61. The Balaban J connectivity index is 3.47. The molecule has 0 bridgehead atoms. The molecule has 0 spiro atoms. The summed E-state index contributed by atoms with van der Waals surface area (Å²) in [7, 11) is 0. The zero-order valence-corrected chi connectivity index (χ0v) is 6.86. The summed E-state index contributed by atoms with van der Waals surface area (Å²) in [4.78, 5) is 0. The van der Waals surface area contributed by atoms with E-state index in [-0.39, 0.29) is 5.54 Å². The molecule has 0 aromatic heterocycles. The summed E-state index contributed by atoms with van der Waals surface area (Å²) in [6, 6.07) is 0.421. The molecular weight excluding hydrogens is 112 g/mol. The second-order valence-electron chi connectivity index (χ2n) is 3.53. The van der Waals surface area contributed by atoms with Crippen LogP contribution in [0.3, 0.4) is 0 Å². The first-order valence-corrected chi connectivity index (χ1v) is 3.43. The van der Waals surface area contributed by atoms with E-state index in [1.165, 1.54) is 0 Å². The van der Waals surface area contributed by atoms with Gasteiger partial charge in [-0.15, -0.1) is 0 Å². The minimum absolute atomic E-state index is 0.193. The molecule has 56 valence electrons. The second kappa shape index (κ2) is 3.18. The summed E-state index contributed by atoms with van der Waals surface area (Å²) in [5, 5.41) is 3.34. The molecule has 0 rings (SSSR count). The Hall–Kier alpha value is -0.0800. The molecule has 0 aliphatic rings.